The van der Waals surface area contributed by atoms with Gasteiger partial charge in [-0.15, -0.1) is 10.2 Å². The van der Waals surface area contributed by atoms with Crippen molar-refractivity contribution in [1.29, 1.82) is 0 Å². The third kappa shape index (κ3) is 1.55. The van der Waals surface area contributed by atoms with E-state index in [1.807, 2.05) is 13.0 Å². The first-order chi connectivity index (χ1) is 7.09. The second kappa shape index (κ2) is 3.32. The minimum Gasteiger partial charge on any atom is -0.477 e. The molecular formula is C9H9N3O3. The van der Waals surface area contributed by atoms with E-state index in [1.54, 1.807) is 12.3 Å². The normalized spacial score (nSPS) is 24.0. The quantitative estimate of drug-likeness (QED) is 0.630. The molecule has 1 atom stereocenters. The van der Waals surface area contributed by atoms with Crippen LogP contribution in [0, 0.1) is 0 Å². The van der Waals surface area contributed by atoms with Crippen LogP contribution in [0.5, 0.6) is 0 Å². The molecule has 0 amide bonds. The number of allylic oxidation sites excluding steroid dienone is 2. The zero-order chi connectivity index (χ0) is 11.0. The Morgan fingerprint density at radius 3 is 2.87 bits per heavy atom. The highest BCUT2D eigenvalue weighted by atomic mass is 16.4. The number of hydrogen-bond acceptors (Lipinski definition) is 5. The van der Waals surface area contributed by atoms with Gasteiger partial charge in [0.25, 0.3) is 0 Å². The number of carboxylic acids is 1. The fraction of sp³-hybridized carbons (Fsp3) is 0.222. The number of carboxylic acid groups (broad SMARTS) is 1. The van der Waals surface area contributed by atoms with Crippen molar-refractivity contribution >= 4 is 17.5 Å². The molecule has 2 aliphatic heterocycles. The largest absolute Gasteiger partial charge is 0.477 e. The van der Waals surface area contributed by atoms with Crippen LogP contribution in [0.2, 0.25) is 0 Å². The predicted octanol–water partition coefficient (Wildman–Crippen LogP) is -0.0669. The number of aliphatic hydroxyl groups is 1. The summed E-state index contributed by atoms with van der Waals surface area (Å²) >= 11 is 0. The number of aliphatic hydroxyl groups excluding tert-OH is 1. The van der Waals surface area contributed by atoms with E-state index in [4.69, 9.17) is 5.11 Å². The molecule has 0 bridgehead atoms. The lowest BCUT2D eigenvalue weighted by Crippen LogP contribution is -2.46. The Kier molecular flexibility index (Phi) is 2.12. The first-order valence-electron chi connectivity index (χ1n) is 4.31. The Morgan fingerprint density at radius 2 is 2.20 bits per heavy atom. The van der Waals surface area contributed by atoms with Crippen LogP contribution < -0.4 is 0 Å². The van der Waals surface area contributed by atoms with Gasteiger partial charge in [-0.3, -0.25) is 4.90 Å². The summed E-state index contributed by atoms with van der Waals surface area (Å²) in [5.41, 5.74) is 0.526. The van der Waals surface area contributed by atoms with Gasteiger partial charge in [-0.1, -0.05) is 6.08 Å². The van der Waals surface area contributed by atoms with E-state index >= 15 is 0 Å². The Bertz CT molecular complexity index is 434. The number of aliphatic carboxylic acids is 1. The van der Waals surface area contributed by atoms with Crippen LogP contribution in [0.25, 0.3) is 0 Å². The van der Waals surface area contributed by atoms with Gasteiger partial charge in [0.15, 0.2) is 17.8 Å². The van der Waals surface area contributed by atoms with Crippen LogP contribution in [0.4, 0.5) is 0 Å². The summed E-state index contributed by atoms with van der Waals surface area (Å²) in [4.78, 5) is 12.1. The van der Waals surface area contributed by atoms with Gasteiger partial charge in [0.1, 0.15) is 0 Å². The summed E-state index contributed by atoms with van der Waals surface area (Å²) in [6.07, 6.45) is 3.82. The molecule has 0 aromatic heterocycles. The highest BCUT2D eigenvalue weighted by molar-refractivity contribution is 6.38. The SMILES string of the molecule is CC1=CN2C(=NN=C(C(=O)O)[C@H]2O)C=C1. The molecule has 78 valence electrons. The van der Waals surface area contributed by atoms with Gasteiger partial charge in [-0.2, -0.15) is 0 Å². The average molecular weight is 207 g/mol. The highest BCUT2D eigenvalue weighted by Crippen LogP contribution is 2.16. The zero-order valence-electron chi connectivity index (χ0n) is 7.95. The van der Waals surface area contributed by atoms with Crippen molar-refractivity contribution in [3.63, 3.8) is 0 Å². The summed E-state index contributed by atoms with van der Waals surface area (Å²) in [7, 11) is 0. The fourth-order valence-electron chi connectivity index (χ4n) is 1.34. The van der Waals surface area contributed by atoms with Crippen LogP contribution in [0.3, 0.4) is 0 Å². The van der Waals surface area contributed by atoms with Gasteiger partial charge in [0.05, 0.1) is 0 Å². The van der Waals surface area contributed by atoms with Gasteiger partial charge in [-0.25, -0.2) is 4.79 Å². The molecule has 2 heterocycles. The molecule has 0 aromatic rings. The molecule has 2 rings (SSSR count). The van der Waals surface area contributed by atoms with Crippen molar-refractivity contribution in [2.24, 2.45) is 10.2 Å². The number of amidine groups is 1. The number of rotatable bonds is 1. The number of carbonyl (C=O) groups is 1. The van der Waals surface area contributed by atoms with E-state index in [0.717, 1.165) is 5.57 Å². The smallest absolute Gasteiger partial charge is 0.356 e. The lowest BCUT2D eigenvalue weighted by molar-refractivity contribution is -0.130. The second-order valence-corrected chi connectivity index (χ2v) is 3.24. The van der Waals surface area contributed by atoms with Crippen LogP contribution >= 0.6 is 0 Å². The number of fused-ring (bicyclic) bond motifs is 1. The topological polar surface area (TPSA) is 85.5 Å². The Morgan fingerprint density at radius 1 is 1.47 bits per heavy atom. The van der Waals surface area contributed by atoms with E-state index in [9.17, 15) is 9.90 Å². The summed E-state index contributed by atoms with van der Waals surface area (Å²) in [5, 5.41) is 25.6. The van der Waals surface area contributed by atoms with Crippen molar-refractivity contribution in [3.8, 4) is 0 Å². The minimum atomic E-state index is -1.28. The van der Waals surface area contributed by atoms with Crippen LogP contribution in [-0.2, 0) is 4.79 Å². The standard InChI is InChI=1S/C9H9N3O3/c1-5-2-3-6-10-11-7(9(14)15)8(13)12(6)4-5/h2-4,8,13H,1H3,(H,14,15)/t8-/m1/s1. The maximum atomic E-state index is 10.7. The molecule has 0 fully saturated rings. The predicted molar refractivity (Wildman–Crippen MR) is 53.2 cm³/mol. The molecule has 0 saturated heterocycles. The highest BCUT2D eigenvalue weighted by Gasteiger charge is 2.31. The average Bonchev–Trinajstić information content (AvgIpc) is 2.19. The molecule has 2 aliphatic rings. The van der Waals surface area contributed by atoms with E-state index in [0.29, 0.717) is 5.84 Å². The van der Waals surface area contributed by atoms with Gasteiger partial charge in [0, 0.05) is 6.20 Å². The molecule has 15 heavy (non-hydrogen) atoms. The first-order valence-corrected chi connectivity index (χ1v) is 4.31. The van der Waals surface area contributed by atoms with Crippen LogP contribution in [0.1, 0.15) is 6.92 Å². The molecule has 6 nitrogen and oxygen atoms in total. The van der Waals surface area contributed by atoms with Crippen molar-refractivity contribution in [1.82, 2.24) is 4.90 Å². The summed E-state index contributed by atoms with van der Waals surface area (Å²) in [5.74, 6) is -0.844. The number of nitrogens with zero attached hydrogens (tertiary/aromatic N) is 3. The fourth-order valence-corrected chi connectivity index (χ4v) is 1.34. The van der Waals surface area contributed by atoms with E-state index in [2.05, 4.69) is 10.2 Å². The van der Waals surface area contributed by atoms with Gasteiger partial charge < -0.3 is 10.2 Å². The second-order valence-electron chi connectivity index (χ2n) is 3.24. The third-order valence-electron chi connectivity index (χ3n) is 2.09. The van der Waals surface area contributed by atoms with Crippen molar-refractivity contribution < 1.29 is 15.0 Å². The molecule has 0 unspecified atom stereocenters. The molecule has 0 spiro atoms. The minimum absolute atomic E-state index is 0.377. The number of hydrogen-bond donors (Lipinski definition) is 2. The van der Waals surface area contributed by atoms with Gasteiger partial charge in [-0.05, 0) is 18.6 Å². The van der Waals surface area contributed by atoms with Crippen LogP contribution in [0.15, 0.2) is 34.1 Å². The van der Waals surface area contributed by atoms with E-state index in [1.165, 1.54) is 4.90 Å². The molecule has 0 radical (unpaired) electrons. The summed E-state index contributed by atoms with van der Waals surface area (Å²) in [6, 6.07) is 0. The first kappa shape index (κ1) is 9.60. The molecular weight excluding hydrogens is 198 g/mol. The zero-order valence-corrected chi connectivity index (χ0v) is 7.95. The lowest BCUT2D eigenvalue weighted by atomic mass is 10.2. The maximum absolute atomic E-state index is 10.7. The monoisotopic (exact) mass is 207 g/mol. The van der Waals surface area contributed by atoms with Gasteiger partial charge in [0.2, 0.25) is 0 Å². The van der Waals surface area contributed by atoms with Crippen molar-refractivity contribution in [2.75, 3.05) is 0 Å². The summed E-state index contributed by atoms with van der Waals surface area (Å²) < 4.78 is 0. The van der Waals surface area contributed by atoms with Crippen LogP contribution in [-0.4, -0.2) is 38.9 Å². The van der Waals surface area contributed by atoms with Gasteiger partial charge >= 0.3 is 5.97 Å². The molecule has 0 aliphatic carbocycles. The van der Waals surface area contributed by atoms with Crippen molar-refractivity contribution in [3.05, 3.63) is 23.9 Å². The van der Waals surface area contributed by atoms with E-state index < -0.39 is 12.2 Å². The van der Waals surface area contributed by atoms with E-state index in [-0.39, 0.29) is 5.71 Å². The molecule has 6 heteroatoms. The molecule has 2 N–H and O–H groups in total. The summed E-state index contributed by atoms with van der Waals surface area (Å²) in [6.45, 7) is 1.84. The Balaban J connectivity index is 2.40. The lowest BCUT2D eigenvalue weighted by Gasteiger charge is -2.29. The maximum Gasteiger partial charge on any atom is 0.356 e. The van der Waals surface area contributed by atoms with Crippen molar-refractivity contribution in [2.45, 2.75) is 13.2 Å². The molecule has 0 saturated carbocycles. The third-order valence-corrected chi connectivity index (χ3v) is 2.09. The molecule has 0 aromatic carbocycles. The Hall–Kier alpha value is -1.95. The Labute approximate surface area is 85.5 Å².